The summed E-state index contributed by atoms with van der Waals surface area (Å²) in [6, 6.07) is 0.344. The molecule has 1 aliphatic heterocycles. The van der Waals surface area contributed by atoms with Crippen molar-refractivity contribution in [3.05, 3.63) is 0 Å². The molecule has 0 radical (unpaired) electrons. The van der Waals surface area contributed by atoms with Crippen LogP contribution in [-0.2, 0) is 9.53 Å². The van der Waals surface area contributed by atoms with Gasteiger partial charge in [0.25, 0.3) is 0 Å². The van der Waals surface area contributed by atoms with Crippen molar-refractivity contribution in [3.63, 3.8) is 0 Å². The first-order valence-electron chi connectivity index (χ1n) is 4.89. The van der Waals surface area contributed by atoms with E-state index in [1.807, 2.05) is 11.8 Å². The molecule has 0 aromatic heterocycles. The summed E-state index contributed by atoms with van der Waals surface area (Å²) in [5.41, 5.74) is 0. The van der Waals surface area contributed by atoms with Crippen LogP contribution in [0.4, 0.5) is 0 Å². The minimum absolute atomic E-state index is 0. The van der Waals surface area contributed by atoms with Crippen LogP contribution in [0.1, 0.15) is 6.42 Å². The van der Waals surface area contributed by atoms with Crippen LogP contribution in [0.3, 0.4) is 0 Å². The number of ether oxygens (including phenoxy) is 1. The third kappa shape index (κ3) is 7.00. The first-order chi connectivity index (χ1) is 6.83. The van der Waals surface area contributed by atoms with E-state index in [4.69, 9.17) is 4.74 Å². The zero-order chi connectivity index (χ0) is 10.2. The van der Waals surface area contributed by atoms with Gasteiger partial charge in [-0.2, -0.15) is 11.8 Å². The van der Waals surface area contributed by atoms with Crippen LogP contribution in [-0.4, -0.2) is 50.3 Å². The first-order valence-corrected chi connectivity index (χ1v) is 6.05. The van der Waals surface area contributed by atoms with E-state index in [-0.39, 0.29) is 18.3 Å². The van der Waals surface area contributed by atoms with Crippen molar-refractivity contribution >= 4 is 30.1 Å². The van der Waals surface area contributed by atoms with Gasteiger partial charge in [-0.25, -0.2) is 0 Å². The van der Waals surface area contributed by atoms with E-state index < -0.39 is 0 Å². The van der Waals surface area contributed by atoms with E-state index in [9.17, 15) is 4.79 Å². The van der Waals surface area contributed by atoms with Crippen molar-refractivity contribution in [1.82, 2.24) is 10.6 Å². The van der Waals surface area contributed by atoms with Gasteiger partial charge in [-0.15, -0.1) is 12.4 Å². The first kappa shape index (κ1) is 15.0. The molecule has 2 N–H and O–H groups in total. The smallest absolute Gasteiger partial charge is 0.221 e. The van der Waals surface area contributed by atoms with Crippen molar-refractivity contribution in [2.45, 2.75) is 12.5 Å². The van der Waals surface area contributed by atoms with Gasteiger partial charge in [-0.05, 0) is 0 Å². The maximum absolute atomic E-state index is 11.4. The molecule has 0 spiro atoms. The van der Waals surface area contributed by atoms with Crippen molar-refractivity contribution in [2.24, 2.45) is 0 Å². The summed E-state index contributed by atoms with van der Waals surface area (Å²) in [6.07, 6.45) is 0.580. The predicted octanol–water partition coefficient (Wildman–Crippen LogP) is 0.266. The highest BCUT2D eigenvalue weighted by molar-refractivity contribution is 7.99. The lowest BCUT2D eigenvalue weighted by atomic mass is 10.2. The average Bonchev–Trinajstić information content (AvgIpc) is 2.20. The molecule has 1 amide bonds. The number of thioether (sulfide) groups is 1. The lowest BCUT2D eigenvalue weighted by Gasteiger charge is -2.22. The van der Waals surface area contributed by atoms with Crippen molar-refractivity contribution in [2.75, 3.05) is 38.3 Å². The summed E-state index contributed by atoms with van der Waals surface area (Å²) < 4.78 is 4.85. The molecular formula is C9H19ClN2O2S. The highest BCUT2D eigenvalue weighted by Crippen LogP contribution is 2.09. The van der Waals surface area contributed by atoms with Crippen LogP contribution in [0.5, 0.6) is 0 Å². The number of rotatable bonds is 5. The van der Waals surface area contributed by atoms with Crippen LogP contribution in [0.15, 0.2) is 0 Å². The molecule has 0 aliphatic carbocycles. The number of carbonyl (C=O) groups is 1. The SMILES string of the molecule is COCCNC(=O)CC1CSCCN1.Cl. The Labute approximate surface area is 101 Å². The summed E-state index contributed by atoms with van der Waals surface area (Å²) in [5, 5.41) is 6.15. The van der Waals surface area contributed by atoms with E-state index in [0.29, 0.717) is 25.6 Å². The lowest BCUT2D eigenvalue weighted by Crippen LogP contribution is -2.41. The van der Waals surface area contributed by atoms with Crippen molar-refractivity contribution in [1.29, 1.82) is 0 Å². The van der Waals surface area contributed by atoms with Crippen LogP contribution in [0, 0.1) is 0 Å². The van der Waals surface area contributed by atoms with Crippen LogP contribution >= 0.6 is 24.2 Å². The monoisotopic (exact) mass is 254 g/mol. The van der Waals surface area contributed by atoms with Crippen molar-refractivity contribution < 1.29 is 9.53 Å². The zero-order valence-electron chi connectivity index (χ0n) is 8.95. The van der Waals surface area contributed by atoms with Gasteiger partial charge in [-0.3, -0.25) is 4.79 Å². The normalized spacial score (nSPS) is 20.5. The molecule has 1 unspecified atom stereocenters. The third-order valence-corrected chi connectivity index (χ3v) is 3.19. The molecule has 1 aliphatic rings. The Hall–Kier alpha value is 0.0300. The molecule has 1 atom stereocenters. The van der Waals surface area contributed by atoms with Gasteiger partial charge in [0.2, 0.25) is 5.91 Å². The Balaban J connectivity index is 0.00000196. The van der Waals surface area contributed by atoms with Gasteiger partial charge < -0.3 is 15.4 Å². The number of hydrogen-bond acceptors (Lipinski definition) is 4. The second-order valence-electron chi connectivity index (χ2n) is 3.27. The van der Waals surface area contributed by atoms with Crippen molar-refractivity contribution in [3.8, 4) is 0 Å². The van der Waals surface area contributed by atoms with Gasteiger partial charge in [0.15, 0.2) is 0 Å². The standard InChI is InChI=1S/C9H18N2O2S.ClH/c1-13-4-2-11-9(12)6-8-7-14-5-3-10-8;/h8,10H,2-7H2,1H3,(H,11,12);1H. The summed E-state index contributed by atoms with van der Waals surface area (Å²) >= 11 is 1.91. The fraction of sp³-hybridized carbons (Fsp3) is 0.889. The van der Waals surface area contributed by atoms with Crippen LogP contribution in [0.2, 0.25) is 0 Å². The molecule has 0 saturated carbocycles. The summed E-state index contributed by atoms with van der Waals surface area (Å²) in [7, 11) is 1.63. The van der Waals surface area contributed by atoms with Crippen LogP contribution < -0.4 is 10.6 Å². The second kappa shape index (κ2) is 9.27. The molecule has 1 saturated heterocycles. The fourth-order valence-electron chi connectivity index (χ4n) is 1.34. The van der Waals surface area contributed by atoms with Gasteiger partial charge in [0.05, 0.1) is 6.61 Å². The molecule has 0 aromatic rings. The van der Waals surface area contributed by atoms with E-state index in [0.717, 1.165) is 18.1 Å². The third-order valence-electron chi connectivity index (χ3n) is 2.06. The number of methoxy groups -OCH3 is 1. The quantitative estimate of drug-likeness (QED) is 0.692. The maximum atomic E-state index is 11.4. The molecule has 1 fully saturated rings. The molecular weight excluding hydrogens is 236 g/mol. The summed E-state index contributed by atoms with van der Waals surface area (Å²) in [4.78, 5) is 11.4. The van der Waals surface area contributed by atoms with Gasteiger partial charge in [0.1, 0.15) is 0 Å². The molecule has 0 bridgehead atoms. The molecule has 4 nitrogen and oxygen atoms in total. The largest absolute Gasteiger partial charge is 0.383 e. The topological polar surface area (TPSA) is 50.4 Å². The second-order valence-corrected chi connectivity index (χ2v) is 4.42. The van der Waals surface area contributed by atoms with Gasteiger partial charge in [-0.1, -0.05) is 0 Å². The zero-order valence-corrected chi connectivity index (χ0v) is 10.6. The summed E-state index contributed by atoms with van der Waals surface area (Å²) in [6.45, 7) is 2.20. The Morgan fingerprint density at radius 3 is 3.07 bits per heavy atom. The molecule has 90 valence electrons. The Morgan fingerprint density at radius 2 is 2.47 bits per heavy atom. The Kier molecular flexibility index (Phi) is 9.29. The highest BCUT2D eigenvalue weighted by Gasteiger charge is 2.15. The molecule has 1 heterocycles. The minimum atomic E-state index is 0. The molecule has 0 aromatic carbocycles. The molecule has 6 heteroatoms. The van der Waals surface area contributed by atoms with E-state index in [1.165, 1.54) is 0 Å². The predicted molar refractivity (Wildman–Crippen MR) is 65.9 cm³/mol. The van der Waals surface area contributed by atoms with Gasteiger partial charge in [0, 0.05) is 44.2 Å². The fourth-order valence-corrected chi connectivity index (χ4v) is 2.29. The van der Waals surface area contributed by atoms with E-state index in [1.54, 1.807) is 7.11 Å². The van der Waals surface area contributed by atoms with E-state index >= 15 is 0 Å². The van der Waals surface area contributed by atoms with E-state index in [2.05, 4.69) is 10.6 Å². The Morgan fingerprint density at radius 1 is 1.67 bits per heavy atom. The number of carbonyl (C=O) groups excluding carboxylic acids is 1. The van der Waals surface area contributed by atoms with Crippen LogP contribution in [0.25, 0.3) is 0 Å². The summed E-state index contributed by atoms with van der Waals surface area (Å²) in [5.74, 6) is 2.31. The number of hydrogen-bond donors (Lipinski definition) is 2. The highest BCUT2D eigenvalue weighted by atomic mass is 35.5. The molecule has 1 rings (SSSR count). The average molecular weight is 255 g/mol. The number of nitrogens with one attached hydrogen (secondary N) is 2. The number of halogens is 1. The maximum Gasteiger partial charge on any atom is 0.221 e. The van der Waals surface area contributed by atoms with Gasteiger partial charge >= 0.3 is 0 Å². The molecule has 15 heavy (non-hydrogen) atoms. The minimum Gasteiger partial charge on any atom is -0.383 e. The number of amides is 1. The Bertz CT molecular complexity index is 177. The lowest BCUT2D eigenvalue weighted by molar-refractivity contribution is -0.121.